The molecule has 10 heteroatoms. The van der Waals surface area contributed by atoms with Crippen LogP contribution in [0.4, 0.5) is 0 Å². The molecule has 0 saturated carbocycles. The van der Waals surface area contributed by atoms with Crippen molar-refractivity contribution in [1.82, 2.24) is 10.6 Å². The third-order valence-electron chi connectivity index (χ3n) is 2.59. The molecule has 1 aliphatic rings. The summed E-state index contributed by atoms with van der Waals surface area (Å²) in [5.41, 5.74) is 10.4. The van der Waals surface area contributed by atoms with Crippen LogP contribution in [-0.2, 0) is 23.9 Å². The van der Waals surface area contributed by atoms with Crippen molar-refractivity contribution in [3.05, 3.63) is 0 Å². The Labute approximate surface area is 113 Å². The number of amides is 3. The minimum absolute atomic E-state index is 0.220. The van der Waals surface area contributed by atoms with Crippen LogP contribution in [0.5, 0.6) is 0 Å². The second-order valence-corrected chi connectivity index (χ2v) is 4.30. The molecule has 1 rings (SSSR count). The first-order chi connectivity index (χ1) is 9.23. The third-order valence-corrected chi connectivity index (χ3v) is 2.59. The number of carboxylic acid groups (broad SMARTS) is 1. The van der Waals surface area contributed by atoms with Crippen LogP contribution in [0.3, 0.4) is 0 Å². The van der Waals surface area contributed by atoms with Crippen molar-refractivity contribution in [3.63, 3.8) is 0 Å². The largest absolute Gasteiger partial charge is 0.480 e. The number of rotatable bonds is 7. The first-order valence-electron chi connectivity index (χ1n) is 5.75. The van der Waals surface area contributed by atoms with Crippen LogP contribution in [0.25, 0.3) is 0 Å². The Morgan fingerprint density at radius 2 is 1.90 bits per heavy atom. The van der Waals surface area contributed by atoms with E-state index < -0.39 is 48.0 Å². The summed E-state index contributed by atoms with van der Waals surface area (Å²) in [4.78, 5) is 44.1. The second kappa shape index (κ2) is 6.30. The summed E-state index contributed by atoms with van der Waals surface area (Å²) in [7, 11) is 0. The third kappa shape index (κ3) is 4.17. The van der Waals surface area contributed by atoms with Crippen molar-refractivity contribution in [1.29, 1.82) is 0 Å². The zero-order valence-electron chi connectivity index (χ0n) is 10.7. The summed E-state index contributed by atoms with van der Waals surface area (Å²) in [6.45, 7) is 1.06. The van der Waals surface area contributed by atoms with Gasteiger partial charge in [0, 0.05) is 6.54 Å². The maximum atomic E-state index is 11.5. The lowest BCUT2D eigenvalue weighted by Gasteiger charge is -2.15. The van der Waals surface area contributed by atoms with E-state index in [4.69, 9.17) is 21.3 Å². The van der Waals surface area contributed by atoms with E-state index in [0.717, 1.165) is 0 Å². The van der Waals surface area contributed by atoms with E-state index in [9.17, 15) is 19.2 Å². The molecule has 4 atom stereocenters. The van der Waals surface area contributed by atoms with Crippen LogP contribution in [0, 0.1) is 0 Å². The zero-order valence-corrected chi connectivity index (χ0v) is 10.7. The van der Waals surface area contributed by atoms with Gasteiger partial charge in [-0.15, -0.1) is 0 Å². The molecule has 0 unspecified atom stereocenters. The Balaban J connectivity index is 2.31. The van der Waals surface area contributed by atoms with Gasteiger partial charge in [-0.3, -0.25) is 19.2 Å². The van der Waals surface area contributed by atoms with E-state index in [-0.39, 0.29) is 6.54 Å². The summed E-state index contributed by atoms with van der Waals surface area (Å²) in [5, 5.41) is 13.1. The average molecular weight is 288 g/mol. The maximum Gasteiger partial charge on any atom is 0.325 e. The maximum absolute atomic E-state index is 11.5. The molecule has 0 aromatic heterocycles. The average Bonchev–Trinajstić information content (AvgIpc) is 3.15. The SMILES string of the molecule is C[C@H](NC(=O)[C@@H](N)CNC(=O)[C@@H]1O[C@H]1C(N)=O)C(=O)O. The smallest absolute Gasteiger partial charge is 0.325 e. The van der Waals surface area contributed by atoms with Gasteiger partial charge in [-0.25, -0.2) is 0 Å². The van der Waals surface area contributed by atoms with Crippen molar-refractivity contribution in [2.45, 2.75) is 31.2 Å². The van der Waals surface area contributed by atoms with Gasteiger partial charge in [0.15, 0.2) is 12.2 Å². The number of carbonyl (C=O) groups is 4. The number of ether oxygens (including phenoxy) is 1. The Hall–Kier alpha value is -2.20. The van der Waals surface area contributed by atoms with Gasteiger partial charge in [-0.05, 0) is 6.92 Å². The van der Waals surface area contributed by atoms with Gasteiger partial charge >= 0.3 is 5.97 Å². The first-order valence-corrected chi connectivity index (χ1v) is 5.75. The van der Waals surface area contributed by atoms with Crippen LogP contribution < -0.4 is 22.1 Å². The van der Waals surface area contributed by atoms with Crippen LogP contribution >= 0.6 is 0 Å². The fourth-order valence-electron chi connectivity index (χ4n) is 1.31. The number of carboxylic acids is 1. The molecule has 10 nitrogen and oxygen atoms in total. The highest BCUT2D eigenvalue weighted by Crippen LogP contribution is 2.21. The molecule has 0 bridgehead atoms. The first kappa shape index (κ1) is 15.9. The van der Waals surface area contributed by atoms with Crippen molar-refractivity contribution in [2.75, 3.05) is 6.54 Å². The number of aliphatic carboxylic acids is 1. The fraction of sp³-hybridized carbons (Fsp3) is 0.600. The lowest BCUT2D eigenvalue weighted by atomic mass is 10.2. The molecule has 1 aliphatic heterocycles. The number of carbonyl (C=O) groups excluding carboxylic acids is 3. The van der Waals surface area contributed by atoms with Gasteiger partial charge in [-0.1, -0.05) is 0 Å². The highest BCUT2D eigenvalue weighted by Gasteiger charge is 2.49. The Bertz CT molecular complexity index is 439. The van der Waals surface area contributed by atoms with Gasteiger partial charge < -0.3 is 31.9 Å². The molecule has 3 amide bonds. The summed E-state index contributed by atoms with van der Waals surface area (Å²) in [5.74, 6) is -3.28. The van der Waals surface area contributed by atoms with Gasteiger partial charge in [0.05, 0.1) is 0 Å². The number of nitrogens with two attached hydrogens (primary N) is 2. The van der Waals surface area contributed by atoms with Crippen LogP contribution in [0.1, 0.15) is 6.92 Å². The number of hydrogen-bond donors (Lipinski definition) is 5. The number of hydrogen-bond acceptors (Lipinski definition) is 6. The Morgan fingerprint density at radius 3 is 2.35 bits per heavy atom. The molecular weight excluding hydrogens is 272 g/mol. The lowest BCUT2D eigenvalue weighted by molar-refractivity contribution is -0.141. The van der Waals surface area contributed by atoms with E-state index in [0.29, 0.717) is 0 Å². The summed E-state index contributed by atoms with van der Waals surface area (Å²) in [6.07, 6.45) is -1.91. The van der Waals surface area contributed by atoms with Crippen LogP contribution in [-0.4, -0.2) is 59.6 Å². The van der Waals surface area contributed by atoms with Gasteiger partial charge in [0.2, 0.25) is 11.8 Å². The van der Waals surface area contributed by atoms with Crippen molar-refractivity contribution in [3.8, 4) is 0 Å². The summed E-state index contributed by atoms with van der Waals surface area (Å²) < 4.78 is 4.72. The Kier molecular flexibility index (Phi) is 5.00. The van der Waals surface area contributed by atoms with E-state index in [1.54, 1.807) is 0 Å². The van der Waals surface area contributed by atoms with Crippen molar-refractivity contribution < 1.29 is 29.0 Å². The molecular formula is C10H16N4O6. The minimum atomic E-state index is -1.20. The number of primary amides is 1. The van der Waals surface area contributed by atoms with Crippen LogP contribution in [0.2, 0.25) is 0 Å². The summed E-state index contributed by atoms with van der Waals surface area (Å²) in [6, 6.07) is -2.21. The molecule has 0 spiro atoms. The molecule has 20 heavy (non-hydrogen) atoms. The molecule has 1 heterocycles. The van der Waals surface area contributed by atoms with Crippen molar-refractivity contribution in [2.24, 2.45) is 11.5 Å². The molecule has 1 fully saturated rings. The van der Waals surface area contributed by atoms with E-state index >= 15 is 0 Å². The van der Waals surface area contributed by atoms with Crippen molar-refractivity contribution >= 4 is 23.7 Å². The lowest BCUT2D eigenvalue weighted by Crippen LogP contribution is -2.52. The predicted molar refractivity (Wildman–Crippen MR) is 64.1 cm³/mol. The monoisotopic (exact) mass is 288 g/mol. The predicted octanol–water partition coefficient (Wildman–Crippen LogP) is -3.73. The molecule has 1 saturated heterocycles. The minimum Gasteiger partial charge on any atom is -0.480 e. The van der Waals surface area contributed by atoms with Crippen LogP contribution in [0.15, 0.2) is 0 Å². The number of nitrogens with one attached hydrogen (secondary N) is 2. The van der Waals surface area contributed by atoms with E-state index in [2.05, 4.69) is 10.6 Å². The quantitative estimate of drug-likeness (QED) is 0.299. The number of epoxide rings is 1. The standard InChI is InChI=1S/C10H16N4O6/c1-3(10(18)19)14-8(16)4(11)2-13-9(17)6-5(20-6)7(12)15/h3-6H,2,11H2,1H3,(H2,12,15)(H,13,17)(H,14,16)(H,18,19)/t3-,4-,5+,6+/m0/s1. The highest BCUT2D eigenvalue weighted by atomic mass is 16.6. The summed E-state index contributed by atoms with van der Waals surface area (Å²) >= 11 is 0. The van der Waals surface area contributed by atoms with Gasteiger partial charge in [0.25, 0.3) is 5.91 Å². The molecule has 112 valence electrons. The van der Waals surface area contributed by atoms with E-state index in [1.165, 1.54) is 6.92 Å². The van der Waals surface area contributed by atoms with Gasteiger partial charge in [0.1, 0.15) is 12.1 Å². The fourth-order valence-corrected chi connectivity index (χ4v) is 1.31. The second-order valence-electron chi connectivity index (χ2n) is 4.30. The zero-order chi connectivity index (χ0) is 15.4. The molecule has 0 aromatic carbocycles. The molecule has 7 N–H and O–H groups in total. The normalized spacial score (nSPS) is 23.3. The highest BCUT2D eigenvalue weighted by molar-refractivity contribution is 5.94. The molecule has 0 aliphatic carbocycles. The van der Waals surface area contributed by atoms with E-state index in [1.807, 2.05) is 0 Å². The topological polar surface area (TPSA) is 177 Å². The molecule has 0 aromatic rings. The Morgan fingerprint density at radius 1 is 1.30 bits per heavy atom. The molecule has 0 radical (unpaired) electrons. The van der Waals surface area contributed by atoms with Gasteiger partial charge in [-0.2, -0.15) is 0 Å².